The van der Waals surface area contributed by atoms with Gasteiger partial charge in [0, 0.05) is 31.3 Å². The lowest BCUT2D eigenvalue weighted by molar-refractivity contribution is -0.134. The van der Waals surface area contributed by atoms with E-state index in [4.69, 9.17) is 0 Å². The molecule has 0 unspecified atom stereocenters. The van der Waals surface area contributed by atoms with E-state index in [0.29, 0.717) is 0 Å². The van der Waals surface area contributed by atoms with Gasteiger partial charge in [0.25, 0.3) is 0 Å². The number of hydrogen-bond donors (Lipinski definition) is 0. The zero-order valence-electron chi connectivity index (χ0n) is 15.0. The summed E-state index contributed by atoms with van der Waals surface area (Å²) in [6.07, 6.45) is 4.31. The number of carbonyl (C=O) groups excluding carboxylic acids is 1. The molecular formula is C19H23N3O3S. The Morgan fingerprint density at radius 2 is 2.04 bits per heavy atom. The summed E-state index contributed by atoms with van der Waals surface area (Å²) in [5, 5.41) is 4.15. The average Bonchev–Trinajstić information content (AvgIpc) is 3.27. The van der Waals surface area contributed by atoms with Crippen molar-refractivity contribution in [1.29, 1.82) is 0 Å². The van der Waals surface area contributed by atoms with E-state index in [1.54, 1.807) is 29.0 Å². The molecule has 7 heteroatoms. The molecule has 2 aliphatic rings. The van der Waals surface area contributed by atoms with Crippen molar-refractivity contribution in [3.63, 3.8) is 0 Å². The maximum absolute atomic E-state index is 13.2. The summed E-state index contributed by atoms with van der Waals surface area (Å²) in [4.78, 5) is 14.9. The zero-order valence-corrected chi connectivity index (χ0v) is 15.8. The van der Waals surface area contributed by atoms with Crippen LogP contribution in [0.2, 0.25) is 0 Å². The van der Waals surface area contributed by atoms with Crippen LogP contribution in [0.3, 0.4) is 0 Å². The Morgan fingerprint density at radius 3 is 2.73 bits per heavy atom. The SMILES string of the molecule is Cc1ccccc1[C@@H]1C[C@@H]1C(=O)N1CCS(=O)(=O)C[C@@H]1c1cnn(C)c1. The van der Waals surface area contributed by atoms with Crippen molar-refractivity contribution in [2.75, 3.05) is 18.1 Å². The molecule has 1 saturated carbocycles. The number of carbonyl (C=O) groups is 1. The van der Waals surface area contributed by atoms with E-state index in [0.717, 1.165) is 12.0 Å². The van der Waals surface area contributed by atoms with Gasteiger partial charge in [-0.05, 0) is 30.4 Å². The first-order valence-corrected chi connectivity index (χ1v) is 10.7. The summed E-state index contributed by atoms with van der Waals surface area (Å²) in [7, 11) is -1.35. The molecule has 138 valence electrons. The fourth-order valence-corrected chi connectivity index (χ4v) is 5.48. The van der Waals surface area contributed by atoms with E-state index in [9.17, 15) is 13.2 Å². The minimum absolute atomic E-state index is 0.0216. The molecule has 0 radical (unpaired) electrons. The van der Waals surface area contributed by atoms with Crippen LogP contribution in [0.5, 0.6) is 0 Å². The lowest BCUT2D eigenvalue weighted by atomic mass is 10.0. The monoisotopic (exact) mass is 373 g/mol. The zero-order chi connectivity index (χ0) is 18.5. The van der Waals surface area contributed by atoms with Crippen molar-refractivity contribution in [1.82, 2.24) is 14.7 Å². The van der Waals surface area contributed by atoms with Crippen LogP contribution in [0.25, 0.3) is 0 Å². The van der Waals surface area contributed by atoms with E-state index in [-0.39, 0.29) is 35.8 Å². The third-order valence-electron chi connectivity index (χ3n) is 5.52. The van der Waals surface area contributed by atoms with Crippen molar-refractivity contribution < 1.29 is 13.2 Å². The number of benzene rings is 1. The van der Waals surface area contributed by atoms with E-state index in [1.807, 2.05) is 12.1 Å². The largest absolute Gasteiger partial charge is 0.333 e. The molecule has 4 rings (SSSR count). The second kappa shape index (κ2) is 6.23. The van der Waals surface area contributed by atoms with Gasteiger partial charge in [-0.3, -0.25) is 9.48 Å². The van der Waals surface area contributed by atoms with E-state index < -0.39 is 15.9 Å². The molecule has 1 amide bonds. The van der Waals surface area contributed by atoms with Gasteiger partial charge in [0.2, 0.25) is 5.91 Å². The van der Waals surface area contributed by atoms with Crippen LogP contribution in [0.1, 0.15) is 35.1 Å². The highest BCUT2D eigenvalue weighted by Crippen LogP contribution is 2.50. The molecule has 0 bridgehead atoms. The third-order valence-corrected chi connectivity index (χ3v) is 7.15. The normalized spacial score (nSPS) is 27.3. The van der Waals surface area contributed by atoms with E-state index >= 15 is 0 Å². The van der Waals surface area contributed by atoms with Crippen molar-refractivity contribution in [3.8, 4) is 0 Å². The molecule has 2 aromatic rings. The summed E-state index contributed by atoms with van der Waals surface area (Å²) in [6.45, 7) is 2.33. The maximum Gasteiger partial charge on any atom is 0.226 e. The van der Waals surface area contributed by atoms with Crippen LogP contribution < -0.4 is 0 Å². The topological polar surface area (TPSA) is 72.3 Å². The van der Waals surface area contributed by atoms with Crippen LogP contribution in [0.15, 0.2) is 36.7 Å². The Hall–Kier alpha value is -2.15. The van der Waals surface area contributed by atoms with Gasteiger partial charge in [0.1, 0.15) is 0 Å². The Morgan fingerprint density at radius 1 is 1.27 bits per heavy atom. The predicted octanol–water partition coefficient (Wildman–Crippen LogP) is 1.83. The summed E-state index contributed by atoms with van der Waals surface area (Å²) >= 11 is 0. The minimum Gasteiger partial charge on any atom is -0.333 e. The van der Waals surface area contributed by atoms with Crippen molar-refractivity contribution in [2.45, 2.75) is 25.3 Å². The highest BCUT2D eigenvalue weighted by molar-refractivity contribution is 7.91. The molecule has 2 fully saturated rings. The standard InChI is InChI=1S/C19H23N3O3S/c1-13-5-3-4-6-15(13)16-9-17(16)19(23)22-7-8-26(24,25)12-18(22)14-10-20-21(2)11-14/h3-6,10-11,16-18H,7-9,12H2,1-2H3/t16-,17-,18+/m0/s1. The highest BCUT2D eigenvalue weighted by Gasteiger charge is 2.49. The van der Waals surface area contributed by atoms with Crippen molar-refractivity contribution in [2.24, 2.45) is 13.0 Å². The molecule has 0 spiro atoms. The van der Waals surface area contributed by atoms with Gasteiger partial charge in [-0.1, -0.05) is 24.3 Å². The number of aromatic nitrogens is 2. The summed E-state index contributed by atoms with van der Waals surface area (Å²) in [5.41, 5.74) is 3.23. The lowest BCUT2D eigenvalue weighted by Crippen LogP contribution is -2.46. The highest BCUT2D eigenvalue weighted by atomic mass is 32.2. The molecule has 0 N–H and O–H groups in total. The first-order chi connectivity index (χ1) is 12.4. The Bertz CT molecular complexity index is 950. The van der Waals surface area contributed by atoms with Crippen LogP contribution in [0.4, 0.5) is 0 Å². The van der Waals surface area contributed by atoms with Gasteiger partial charge in [-0.25, -0.2) is 8.42 Å². The molecule has 3 atom stereocenters. The summed E-state index contributed by atoms with van der Waals surface area (Å²) in [6, 6.07) is 7.74. The van der Waals surface area contributed by atoms with Crippen molar-refractivity contribution >= 4 is 15.7 Å². The Balaban J connectivity index is 1.57. The number of hydrogen-bond acceptors (Lipinski definition) is 4. The number of amides is 1. The van der Waals surface area contributed by atoms with Gasteiger partial charge in [-0.15, -0.1) is 0 Å². The van der Waals surface area contributed by atoms with Gasteiger partial charge in [-0.2, -0.15) is 5.10 Å². The summed E-state index contributed by atoms with van der Waals surface area (Å²) in [5.74, 6) is 0.290. The molecular weight excluding hydrogens is 350 g/mol. The van der Waals surface area contributed by atoms with E-state index in [1.165, 1.54) is 11.1 Å². The Kier molecular flexibility index (Phi) is 4.14. The van der Waals surface area contributed by atoms with Gasteiger partial charge in [0.15, 0.2) is 9.84 Å². The van der Waals surface area contributed by atoms with Gasteiger partial charge in [0.05, 0.1) is 23.7 Å². The van der Waals surface area contributed by atoms with E-state index in [2.05, 4.69) is 24.2 Å². The first-order valence-electron chi connectivity index (χ1n) is 8.91. The van der Waals surface area contributed by atoms with Gasteiger partial charge >= 0.3 is 0 Å². The second-order valence-electron chi connectivity index (χ2n) is 7.41. The lowest BCUT2D eigenvalue weighted by Gasteiger charge is -2.35. The quantitative estimate of drug-likeness (QED) is 0.823. The Labute approximate surface area is 153 Å². The number of sulfone groups is 1. The molecule has 26 heavy (non-hydrogen) atoms. The smallest absolute Gasteiger partial charge is 0.226 e. The fraction of sp³-hybridized carbons (Fsp3) is 0.474. The van der Waals surface area contributed by atoms with Crippen LogP contribution in [-0.2, 0) is 21.7 Å². The minimum atomic E-state index is -3.15. The number of aryl methyl sites for hydroxylation is 2. The molecule has 1 aliphatic heterocycles. The van der Waals surface area contributed by atoms with Crippen LogP contribution >= 0.6 is 0 Å². The van der Waals surface area contributed by atoms with Crippen molar-refractivity contribution in [3.05, 3.63) is 53.3 Å². The molecule has 2 heterocycles. The average molecular weight is 373 g/mol. The number of nitrogens with zero attached hydrogens (tertiary/aromatic N) is 3. The molecule has 1 aliphatic carbocycles. The molecule has 1 saturated heterocycles. The molecule has 1 aromatic carbocycles. The third kappa shape index (κ3) is 3.16. The fourth-order valence-electron chi connectivity index (χ4n) is 3.99. The second-order valence-corrected chi connectivity index (χ2v) is 9.64. The molecule has 1 aromatic heterocycles. The number of rotatable bonds is 3. The van der Waals surface area contributed by atoms with Crippen LogP contribution in [0, 0.1) is 12.8 Å². The molecule has 6 nitrogen and oxygen atoms in total. The predicted molar refractivity (Wildman–Crippen MR) is 98.3 cm³/mol. The maximum atomic E-state index is 13.2. The first kappa shape index (κ1) is 17.3. The van der Waals surface area contributed by atoms with Crippen LogP contribution in [-0.4, -0.2) is 47.1 Å². The van der Waals surface area contributed by atoms with Gasteiger partial charge < -0.3 is 4.90 Å². The summed E-state index contributed by atoms with van der Waals surface area (Å²) < 4.78 is 26.0.